The minimum absolute atomic E-state index is 0.110. The van der Waals surface area contributed by atoms with Crippen molar-refractivity contribution in [2.75, 3.05) is 13.2 Å². The number of hydrogen-bond donors (Lipinski definition) is 2. The predicted molar refractivity (Wildman–Crippen MR) is 73.6 cm³/mol. The Morgan fingerprint density at radius 2 is 2.10 bits per heavy atom. The number of hydrogen-bond acceptors (Lipinski definition) is 3. The Labute approximate surface area is 119 Å². The third-order valence-corrected chi connectivity index (χ3v) is 4.42. The monoisotopic (exact) mass is 284 g/mol. The molecule has 2 rings (SSSR count). The highest BCUT2D eigenvalue weighted by molar-refractivity contribution is 5.86. The number of carbonyl (C=O) groups excluding carboxylic acids is 1. The molecule has 6 heteroatoms. The summed E-state index contributed by atoms with van der Waals surface area (Å²) in [7, 11) is 0. The number of likely N-dealkylation sites (tertiary alicyclic amines) is 1. The molecule has 2 aliphatic rings. The van der Waals surface area contributed by atoms with E-state index in [1.54, 1.807) is 6.92 Å². The fraction of sp³-hybridized carbons (Fsp3) is 0.857. The van der Waals surface area contributed by atoms with Crippen molar-refractivity contribution in [2.45, 2.75) is 63.6 Å². The highest BCUT2D eigenvalue weighted by Crippen LogP contribution is 2.29. The maximum atomic E-state index is 12.3. The molecule has 6 nitrogen and oxygen atoms in total. The van der Waals surface area contributed by atoms with Crippen LogP contribution in [-0.2, 0) is 9.53 Å². The number of urea groups is 1. The maximum absolute atomic E-state index is 12.3. The zero-order valence-electron chi connectivity index (χ0n) is 12.2. The van der Waals surface area contributed by atoms with Crippen LogP contribution in [-0.4, -0.2) is 52.8 Å². The van der Waals surface area contributed by atoms with Gasteiger partial charge in [0.05, 0.1) is 6.10 Å². The Hall–Kier alpha value is -1.30. The highest BCUT2D eigenvalue weighted by atomic mass is 16.5. The van der Waals surface area contributed by atoms with Crippen LogP contribution in [0.25, 0.3) is 0 Å². The molecule has 0 radical (unpaired) electrons. The molecule has 0 aromatic carbocycles. The van der Waals surface area contributed by atoms with Crippen LogP contribution in [0.2, 0.25) is 0 Å². The van der Waals surface area contributed by atoms with Crippen molar-refractivity contribution in [3.8, 4) is 0 Å². The Kier molecular flexibility index (Phi) is 4.52. The SMILES string of the molecule is CCOC1CC(NC(=O)N2CCCCC2(C)C(=O)O)C1. The van der Waals surface area contributed by atoms with Gasteiger partial charge < -0.3 is 20.1 Å². The number of carbonyl (C=O) groups is 2. The number of ether oxygens (including phenoxy) is 1. The van der Waals surface area contributed by atoms with E-state index >= 15 is 0 Å². The van der Waals surface area contributed by atoms with Crippen molar-refractivity contribution in [3.63, 3.8) is 0 Å². The summed E-state index contributed by atoms with van der Waals surface area (Å²) in [6.07, 6.45) is 4.10. The van der Waals surface area contributed by atoms with Crippen LogP contribution in [0.15, 0.2) is 0 Å². The van der Waals surface area contributed by atoms with Gasteiger partial charge in [0.25, 0.3) is 0 Å². The molecule has 2 N–H and O–H groups in total. The molecule has 0 bridgehead atoms. The summed E-state index contributed by atoms with van der Waals surface area (Å²) in [6, 6.07) is -0.145. The molecule has 1 aliphatic carbocycles. The Bertz CT molecular complexity index is 381. The van der Waals surface area contributed by atoms with Crippen molar-refractivity contribution in [2.24, 2.45) is 0 Å². The van der Waals surface area contributed by atoms with E-state index in [1.807, 2.05) is 6.92 Å². The smallest absolute Gasteiger partial charge is 0.329 e. The van der Waals surface area contributed by atoms with Crippen LogP contribution in [0.3, 0.4) is 0 Å². The molecule has 1 unspecified atom stereocenters. The molecule has 1 heterocycles. The normalized spacial score (nSPS) is 33.4. The van der Waals surface area contributed by atoms with Crippen molar-refractivity contribution >= 4 is 12.0 Å². The minimum Gasteiger partial charge on any atom is -0.480 e. The molecule has 20 heavy (non-hydrogen) atoms. The van der Waals surface area contributed by atoms with Crippen LogP contribution in [0.5, 0.6) is 0 Å². The van der Waals surface area contributed by atoms with E-state index in [0.717, 1.165) is 25.7 Å². The van der Waals surface area contributed by atoms with Gasteiger partial charge in [0.2, 0.25) is 0 Å². The third-order valence-electron chi connectivity index (χ3n) is 4.42. The van der Waals surface area contributed by atoms with Crippen molar-refractivity contribution < 1.29 is 19.4 Å². The number of piperidine rings is 1. The topological polar surface area (TPSA) is 78.9 Å². The molecule has 1 atom stereocenters. The van der Waals surface area contributed by atoms with E-state index in [-0.39, 0.29) is 18.2 Å². The molecule has 1 saturated heterocycles. The molecule has 2 amide bonds. The van der Waals surface area contributed by atoms with Gasteiger partial charge in [0.1, 0.15) is 5.54 Å². The van der Waals surface area contributed by atoms with Crippen molar-refractivity contribution in [1.82, 2.24) is 10.2 Å². The number of carboxylic acids is 1. The van der Waals surface area contributed by atoms with Gasteiger partial charge in [-0.25, -0.2) is 9.59 Å². The molecule has 0 spiro atoms. The lowest BCUT2D eigenvalue weighted by Crippen LogP contribution is -2.62. The molecule has 2 fully saturated rings. The van der Waals surface area contributed by atoms with E-state index in [9.17, 15) is 14.7 Å². The van der Waals surface area contributed by atoms with Crippen molar-refractivity contribution in [3.05, 3.63) is 0 Å². The number of nitrogens with one attached hydrogen (secondary N) is 1. The first-order valence-corrected chi connectivity index (χ1v) is 7.40. The summed E-state index contributed by atoms with van der Waals surface area (Å²) in [4.78, 5) is 25.2. The van der Waals surface area contributed by atoms with Crippen LogP contribution >= 0.6 is 0 Å². The number of aliphatic carboxylic acids is 1. The fourth-order valence-electron chi connectivity index (χ4n) is 2.98. The van der Waals surface area contributed by atoms with E-state index < -0.39 is 11.5 Å². The molecule has 1 saturated carbocycles. The lowest BCUT2D eigenvalue weighted by Gasteiger charge is -2.43. The van der Waals surface area contributed by atoms with Gasteiger partial charge in [-0.3, -0.25) is 0 Å². The molecule has 114 valence electrons. The van der Waals surface area contributed by atoms with Gasteiger partial charge in [0.15, 0.2) is 0 Å². The van der Waals surface area contributed by atoms with E-state index in [0.29, 0.717) is 19.6 Å². The summed E-state index contributed by atoms with van der Waals surface area (Å²) in [5.41, 5.74) is -1.08. The van der Waals surface area contributed by atoms with Crippen LogP contribution in [0.1, 0.15) is 46.0 Å². The number of amides is 2. The zero-order chi connectivity index (χ0) is 14.8. The van der Waals surface area contributed by atoms with Crippen molar-refractivity contribution in [1.29, 1.82) is 0 Å². The average Bonchev–Trinajstić information content (AvgIpc) is 2.36. The lowest BCUT2D eigenvalue weighted by atomic mass is 9.87. The molecular weight excluding hydrogens is 260 g/mol. The first kappa shape index (κ1) is 15.1. The Balaban J connectivity index is 1.89. The fourth-order valence-corrected chi connectivity index (χ4v) is 2.98. The summed E-state index contributed by atoms with van der Waals surface area (Å²) < 4.78 is 5.46. The summed E-state index contributed by atoms with van der Waals surface area (Å²) in [5.74, 6) is -0.923. The van der Waals surface area contributed by atoms with Gasteiger partial charge in [0, 0.05) is 19.2 Å². The quantitative estimate of drug-likeness (QED) is 0.821. The largest absolute Gasteiger partial charge is 0.480 e. The Morgan fingerprint density at radius 3 is 2.70 bits per heavy atom. The average molecular weight is 284 g/mol. The third kappa shape index (κ3) is 2.90. The second-order valence-electron chi connectivity index (χ2n) is 5.88. The van der Waals surface area contributed by atoms with Gasteiger partial charge in [-0.1, -0.05) is 0 Å². The summed E-state index contributed by atoms with van der Waals surface area (Å²) in [5, 5.41) is 12.3. The van der Waals surface area contributed by atoms with Crippen LogP contribution in [0, 0.1) is 0 Å². The van der Waals surface area contributed by atoms with Gasteiger partial charge in [-0.05, 0) is 46.0 Å². The predicted octanol–water partition coefficient (Wildman–Crippen LogP) is 1.59. The second kappa shape index (κ2) is 5.99. The lowest BCUT2D eigenvalue weighted by molar-refractivity contribution is -0.150. The van der Waals surface area contributed by atoms with Gasteiger partial charge in [-0.2, -0.15) is 0 Å². The minimum atomic E-state index is -1.08. The first-order valence-electron chi connectivity index (χ1n) is 7.40. The summed E-state index contributed by atoms with van der Waals surface area (Å²) in [6.45, 7) is 4.79. The van der Waals surface area contributed by atoms with Crippen LogP contribution in [0.4, 0.5) is 4.79 Å². The molecule has 0 aromatic rings. The molecule has 0 aromatic heterocycles. The zero-order valence-corrected chi connectivity index (χ0v) is 12.2. The van der Waals surface area contributed by atoms with Crippen LogP contribution < -0.4 is 5.32 Å². The highest BCUT2D eigenvalue weighted by Gasteiger charge is 2.45. The molecule has 1 aliphatic heterocycles. The number of carboxylic acid groups (broad SMARTS) is 1. The first-order chi connectivity index (χ1) is 9.47. The maximum Gasteiger partial charge on any atom is 0.329 e. The Morgan fingerprint density at radius 1 is 1.40 bits per heavy atom. The molecular formula is C14H24N2O4. The number of nitrogens with zero attached hydrogens (tertiary/aromatic N) is 1. The van der Waals surface area contributed by atoms with E-state index in [2.05, 4.69) is 5.32 Å². The van der Waals surface area contributed by atoms with Gasteiger partial charge >= 0.3 is 12.0 Å². The van der Waals surface area contributed by atoms with E-state index in [4.69, 9.17) is 4.74 Å². The number of rotatable bonds is 4. The second-order valence-corrected chi connectivity index (χ2v) is 5.88. The van der Waals surface area contributed by atoms with E-state index in [1.165, 1.54) is 4.90 Å². The summed E-state index contributed by atoms with van der Waals surface area (Å²) >= 11 is 0. The van der Waals surface area contributed by atoms with Gasteiger partial charge in [-0.15, -0.1) is 0 Å². The standard InChI is InChI=1S/C14H24N2O4/c1-3-20-11-8-10(9-11)15-13(19)16-7-5-4-6-14(16,2)12(17)18/h10-11H,3-9H2,1-2H3,(H,15,19)(H,17,18).